The summed E-state index contributed by atoms with van der Waals surface area (Å²) in [4.78, 5) is 0. The van der Waals surface area contributed by atoms with Gasteiger partial charge in [-0.2, -0.15) is 0 Å². The van der Waals surface area contributed by atoms with Crippen LogP contribution in [0.2, 0.25) is 0 Å². The maximum atomic E-state index is 6.59. The summed E-state index contributed by atoms with van der Waals surface area (Å²) in [7, 11) is 0. The van der Waals surface area contributed by atoms with Gasteiger partial charge in [0, 0.05) is 21.8 Å². The van der Waals surface area contributed by atoms with Crippen LogP contribution in [-0.2, 0) is 5.41 Å². The number of furan rings is 1. The topological polar surface area (TPSA) is 13.1 Å². The molecule has 1 aliphatic rings. The number of hydrogen-bond acceptors (Lipinski definition) is 1. The van der Waals surface area contributed by atoms with E-state index in [1.807, 2.05) is 0 Å². The highest BCUT2D eigenvalue weighted by atomic mass is 16.3. The Kier molecular flexibility index (Phi) is 5.91. The number of fused-ring (bicyclic) bond motifs is 8. The normalized spacial score (nSPS) is 13.4. The molecule has 1 heteroatoms. The van der Waals surface area contributed by atoms with Gasteiger partial charge in [0.05, 0.1) is 0 Å². The minimum absolute atomic E-state index is 0.0668. The van der Waals surface area contributed by atoms with Gasteiger partial charge in [0.2, 0.25) is 0 Å². The van der Waals surface area contributed by atoms with Crippen LogP contribution >= 0.6 is 0 Å². The predicted octanol–water partition coefficient (Wildman–Crippen LogP) is 13.5. The monoisotopic (exact) mass is 626 g/mol. The molecule has 1 nitrogen and oxygen atoms in total. The van der Waals surface area contributed by atoms with Gasteiger partial charge in [0.1, 0.15) is 11.2 Å². The van der Waals surface area contributed by atoms with Crippen molar-refractivity contribution in [3.63, 3.8) is 0 Å². The molecule has 0 fully saturated rings. The lowest BCUT2D eigenvalue weighted by Gasteiger charge is -2.23. The van der Waals surface area contributed by atoms with Crippen molar-refractivity contribution >= 4 is 43.5 Å². The predicted molar refractivity (Wildman–Crippen MR) is 207 cm³/mol. The third-order valence-electron chi connectivity index (χ3n) is 10.9. The lowest BCUT2D eigenvalue weighted by molar-refractivity contribution is 0.660. The van der Waals surface area contributed by atoms with E-state index in [4.69, 9.17) is 4.42 Å². The molecule has 0 N–H and O–H groups in total. The fraction of sp³-hybridized carbons (Fsp3) is 0.0833. The first kappa shape index (κ1) is 28.1. The van der Waals surface area contributed by atoms with Crippen molar-refractivity contribution in [3.05, 3.63) is 168 Å². The van der Waals surface area contributed by atoms with E-state index in [1.165, 1.54) is 71.6 Å². The first-order chi connectivity index (χ1) is 24.0. The Morgan fingerprint density at radius 2 is 0.959 bits per heavy atom. The second-order valence-electron chi connectivity index (χ2n) is 14.1. The number of rotatable bonds is 3. The SMILES string of the molecule is Cc1ccc(-c2cc(-c3c4ccccc4c(-c4ccc5c(c4)C(C)(C)c4ccccc4-5)c4ccccc34)cc3c2oc2ccccc23)cc1. The lowest BCUT2D eigenvalue weighted by Crippen LogP contribution is -2.14. The first-order valence-corrected chi connectivity index (χ1v) is 17.2. The van der Waals surface area contributed by atoms with Gasteiger partial charge in [-0.15, -0.1) is 0 Å². The minimum atomic E-state index is -0.0668. The Morgan fingerprint density at radius 3 is 1.65 bits per heavy atom. The number of benzene rings is 8. The molecule has 49 heavy (non-hydrogen) atoms. The van der Waals surface area contributed by atoms with Gasteiger partial charge in [-0.05, 0) is 103 Å². The quantitative estimate of drug-likeness (QED) is 0.178. The van der Waals surface area contributed by atoms with Crippen LogP contribution in [0.5, 0.6) is 0 Å². The largest absolute Gasteiger partial charge is 0.455 e. The summed E-state index contributed by atoms with van der Waals surface area (Å²) < 4.78 is 6.59. The summed E-state index contributed by atoms with van der Waals surface area (Å²) in [6.07, 6.45) is 0. The summed E-state index contributed by atoms with van der Waals surface area (Å²) in [6, 6.07) is 55.9. The van der Waals surface area contributed by atoms with Crippen LogP contribution in [-0.4, -0.2) is 0 Å². The zero-order valence-electron chi connectivity index (χ0n) is 27.8. The standard InChI is InChI=1S/C48H34O/c1-29-20-22-30(23-21-29)40-26-32(27-41-35-13-9-11-19-44(35)49-47(40)41)46-38-16-6-4-14-36(38)45(37-15-5-7-17-39(37)46)31-24-25-34-33-12-8-10-18-42(33)48(2,3)43(34)28-31/h4-28H,1-3H3. The fourth-order valence-electron chi connectivity index (χ4n) is 8.53. The van der Waals surface area contributed by atoms with Crippen molar-refractivity contribution < 1.29 is 4.42 Å². The second kappa shape index (κ2) is 10.3. The van der Waals surface area contributed by atoms with Crippen LogP contribution in [0, 0.1) is 6.92 Å². The molecule has 8 aromatic carbocycles. The first-order valence-electron chi connectivity index (χ1n) is 17.2. The molecule has 0 saturated carbocycles. The summed E-state index contributed by atoms with van der Waals surface area (Å²) in [5.41, 5.74) is 15.8. The van der Waals surface area contributed by atoms with Gasteiger partial charge in [0.15, 0.2) is 0 Å². The second-order valence-corrected chi connectivity index (χ2v) is 14.1. The van der Waals surface area contributed by atoms with Gasteiger partial charge in [0.25, 0.3) is 0 Å². The van der Waals surface area contributed by atoms with E-state index in [-0.39, 0.29) is 5.41 Å². The molecule has 0 amide bonds. The van der Waals surface area contributed by atoms with Gasteiger partial charge >= 0.3 is 0 Å². The third-order valence-corrected chi connectivity index (χ3v) is 10.9. The molecule has 9 aromatic rings. The summed E-state index contributed by atoms with van der Waals surface area (Å²) in [5.74, 6) is 0. The Bertz CT molecular complexity index is 2730. The van der Waals surface area contributed by atoms with Gasteiger partial charge in [-0.25, -0.2) is 0 Å². The maximum absolute atomic E-state index is 6.59. The van der Waals surface area contributed by atoms with Gasteiger partial charge in [-0.3, -0.25) is 0 Å². The van der Waals surface area contributed by atoms with E-state index < -0.39 is 0 Å². The van der Waals surface area contributed by atoms with Crippen LogP contribution in [0.4, 0.5) is 0 Å². The van der Waals surface area contributed by atoms with Crippen molar-refractivity contribution in [2.45, 2.75) is 26.2 Å². The average Bonchev–Trinajstić information content (AvgIpc) is 3.62. The zero-order chi connectivity index (χ0) is 32.9. The molecule has 0 aliphatic heterocycles. The molecular weight excluding hydrogens is 593 g/mol. The molecular formula is C48H34O. The minimum Gasteiger partial charge on any atom is -0.455 e. The van der Waals surface area contributed by atoms with Crippen molar-refractivity contribution in [1.82, 2.24) is 0 Å². The van der Waals surface area contributed by atoms with Crippen molar-refractivity contribution in [1.29, 1.82) is 0 Å². The van der Waals surface area contributed by atoms with E-state index in [0.717, 1.165) is 33.1 Å². The highest BCUT2D eigenvalue weighted by Crippen LogP contribution is 2.51. The number of aryl methyl sites for hydroxylation is 1. The Labute approximate surface area is 286 Å². The fourth-order valence-corrected chi connectivity index (χ4v) is 8.53. The summed E-state index contributed by atoms with van der Waals surface area (Å²) >= 11 is 0. The van der Waals surface area contributed by atoms with Crippen LogP contribution in [0.15, 0.2) is 156 Å². The Balaban J connectivity index is 1.28. The lowest BCUT2D eigenvalue weighted by atomic mass is 9.80. The van der Waals surface area contributed by atoms with Crippen molar-refractivity contribution in [3.8, 4) is 44.5 Å². The van der Waals surface area contributed by atoms with E-state index >= 15 is 0 Å². The van der Waals surface area contributed by atoms with Gasteiger partial charge in [-0.1, -0.05) is 147 Å². The Hall–Kier alpha value is -5.92. The number of hydrogen-bond donors (Lipinski definition) is 0. The molecule has 0 unspecified atom stereocenters. The van der Waals surface area contributed by atoms with E-state index in [0.29, 0.717) is 0 Å². The molecule has 0 atom stereocenters. The van der Waals surface area contributed by atoms with Crippen LogP contribution < -0.4 is 0 Å². The Morgan fingerprint density at radius 1 is 0.408 bits per heavy atom. The number of para-hydroxylation sites is 1. The molecule has 232 valence electrons. The molecule has 1 aliphatic carbocycles. The third kappa shape index (κ3) is 4.06. The molecule has 1 aromatic heterocycles. The van der Waals surface area contributed by atoms with E-state index in [2.05, 4.69) is 172 Å². The van der Waals surface area contributed by atoms with E-state index in [9.17, 15) is 0 Å². The molecule has 0 radical (unpaired) electrons. The molecule has 1 heterocycles. The van der Waals surface area contributed by atoms with Crippen LogP contribution in [0.1, 0.15) is 30.5 Å². The molecule has 0 bridgehead atoms. The highest BCUT2D eigenvalue weighted by Gasteiger charge is 2.35. The highest BCUT2D eigenvalue weighted by molar-refractivity contribution is 6.23. The molecule has 0 saturated heterocycles. The molecule has 0 spiro atoms. The summed E-state index contributed by atoms with van der Waals surface area (Å²) in [5, 5.41) is 7.31. The zero-order valence-corrected chi connectivity index (χ0v) is 27.8. The summed E-state index contributed by atoms with van der Waals surface area (Å²) in [6.45, 7) is 6.86. The average molecular weight is 627 g/mol. The van der Waals surface area contributed by atoms with Crippen molar-refractivity contribution in [2.75, 3.05) is 0 Å². The molecule has 10 rings (SSSR count). The smallest absolute Gasteiger partial charge is 0.143 e. The van der Waals surface area contributed by atoms with Crippen LogP contribution in [0.3, 0.4) is 0 Å². The maximum Gasteiger partial charge on any atom is 0.143 e. The van der Waals surface area contributed by atoms with Crippen LogP contribution in [0.25, 0.3) is 88.0 Å². The van der Waals surface area contributed by atoms with E-state index in [1.54, 1.807) is 0 Å². The van der Waals surface area contributed by atoms with Gasteiger partial charge < -0.3 is 4.42 Å². The van der Waals surface area contributed by atoms with Crippen molar-refractivity contribution in [2.24, 2.45) is 0 Å².